The van der Waals surface area contributed by atoms with Gasteiger partial charge in [-0.25, -0.2) is 0 Å². The maximum atomic E-state index is 12.3. The summed E-state index contributed by atoms with van der Waals surface area (Å²) in [5.74, 6) is 0. The minimum atomic E-state index is -3.48. The van der Waals surface area contributed by atoms with Crippen LogP contribution in [0.15, 0.2) is 18.2 Å². The molecule has 0 saturated carbocycles. The van der Waals surface area contributed by atoms with Crippen LogP contribution in [-0.4, -0.2) is 45.6 Å². The van der Waals surface area contributed by atoms with Crippen molar-refractivity contribution in [1.82, 2.24) is 9.62 Å². The Labute approximate surface area is 119 Å². The molecule has 2 aliphatic heterocycles. The normalized spacial score (nSPS) is 20.4. The fourth-order valence-electron chi connectivity index (χ4n) is 2.54. The number of rotatable bonds is 3. The van der Waals surface area contributed by atoms with Gasteiger partial charge in [-0.1, -0.05) is 6.07 Å². The molecule has 2 aliphatic rings. The lowest BCUT2D eigenvalue weighted by atomic mass is 10.0. The molecule has 2 N–H and O–H groups in total. The van der Waals surface area contributed by atoms with Gasteiger partial charge in [-0.15, -0.1) is 0 Å². The number of fused-ring (bicyclic) bond motifs is 1. The molecular formula is C13H19N3O3S. The Balaban J connectivity index is 1.76. The first kappa shape index (κ1) is 13.8. The second-order valence-electron chi connectivity index (χ2n) is 5.03. The molecule has 110 valence electrons. The van der Waals surface area contributed by atoms with Crippen LogP contribution in [0.5, 0.6) is 0 Å². The van der Waals surface area contributed by atoms with E-state index in [1.54, 1.807) is 0 Å². The average molecular weight is 297 g/mol. The molecule has 0 spiro atoms. The number of nitrogens with one attached hydrogen (secondary N) is 2. The van der Waals surface area contributed by atoms with Gasteiger partial charge in [0.2, 0.25) is 0 Å². The first-order chi connectivity index (χ1) is 9.65. The van der Waals surface area contributed by atoms with Crippen molar-refractivity contribution >= 4 is 15.9 Å². The lowest BCUT2D eigenvalue weighted by Gasteiger charge is -2.26. The van der Waals surface area contributed by atoms with E-state index < -0.39 is 10.2 Å². The van der Waals surface area contributed by atoms with Crippen LogP contribution in [0.2, 0.25) is 0 Å². The van der Waals surface area contributed by atoms with Crippen molar-refractivity contribution in [3.8, 4) is 0 Å². The minimum absolute atomic E-state index is 0.405. The third-order valence-corrected chi connectivity index (χ3v) is 5.19. The summed E-state index contributed by atoms with van der Waals surface area (Å²) in [6.07, 6.45) is 0.992. The van der Waals surface area contributed by atoms with Crippen molar-refractivity contribution < 1.29 is 13.2 Å². The Bertz CT molecular complexity index is 583. The Morgan fingerprint density at radius 3 is 2.80 bits per heavy atom. The van der Waals surface area contributed by atoms with Crippen LogP contribution in [0.3, 0.4) is 0 Å². The Kier molecular flexibility index (Phi) is 3.93. The first-order valence-electron chi connectivity index (χ1n) is 6.83. The van der Waals surface area contributed by atoms with Crippen molar-refractivity contribution in [3.05, 3.63) is 29.3 Å². The molecule has 0 atom stereocenters. The predicted molar refractivity (Wildman–Crippen MR) is 76.8 cm³/mol. The van der Waals surface area contributed by atoms with Crippen LogP contribution >= 0.6 is 0 Å². The zero-order valence-corrected chi connectivity index (χ0v) is 12.1. The Morgan fingerprint density at radius 1 is 1.20 bits per heavy atom. The maximum Gasteiger partial charge on any atom is 0.301 e. The van der Waals surface area contributed by atoms with Gasteiger partial charge < -0.3 is 10.1 Å². The number of ether oxygens (including phenoxy) is 1. The number of morpholine rings is 1. The SMILES string of the molecule is O=S(=O)(Nc1ccc2c(c1)CNCC2)N1CCOCC1. The van der Waals surface area contributed by atoms with Crippen molar-refractivity contribution in [2.24, 2.45) is 0 Å². The molecule has 2 heterocycles. The number of benzene rings is 1. The van der Waals surface area contributed by atoms with Crippen molar-refractivity contribution in [2.45, 2.75) is 13.0 Å². The molecule has 6 nitrogen and oxygen atoms in total. The van der Waals surface area contributed by atoms with Gasteiger partial charge in [0.15, 0.2) is 0 Å². The van der Waals surface area contributed by atoms with Crippen molar-refractivity contribution in [2.75, 3.05) is 37.6 Å². The lowest BCUT2D eigenvalue weighted by Crippen LogP contribution is -2.43. The van der Waals surface area contributed by atoms with Gasteiger partial charge in [-0.05, 0) is 36.2 Å². The van der Waals surface area contributed by atoms with Crippen LogP contribution in [0, 0.1) is 0 Å². The quantitative estimate of drug-likeness (QED) is 0.843. The topological polar surface area (TPSA) is 70.7 Å². The van der Waals surface area contributed by atoms with Crippen LogP contribution in [0.1, 0.15) is 11.1 Å². The fourth-order valence-corrected chi connectivity index (χ4v) is 3.73. The Hall–Kier alpha value is -1.15. The molecule has 0 unspecified atom stereocenters. The zero-order chi connectivity index (χ0) is 14.0. The Morgan fingerprint density at radius 2 is 2.00 bits per heavy atom. The summed E-state index contributed by atoms with van der Waals surface area (Å²) >= 11 is 0. The molecule has 1 aromatic carbocycles. The highest BCUT2D eigenvalue weighted by Gasteiger charge is 2.24. The molecule has 1 fully saturated rings. The smallest absolute Gasteiger partial charge is 0.301 e. The molecule has 0 aromatic heterocycles. The second-order valence-corrected chi connectivity index (χ2v) is 6.70. The van der Waals surface area contributed by atoms with Crippen LogP contribution in [0.4, 0.5) is 5.69 Å². The van der Waals surface area contributed by atoms with Crippen LogP contribution < -0.4 is 10.0 Å². The molecule has 0 bridgehead atoms. The van der Waals surface area contributed by atoms with Gasteiger partial charge in [0, 0.05) is 19.6 Å². The lowest BCUT2D eigenvalue weighted by molar-refractivity contribution is 0.0733. The molecule has 1 saturated heterocycles. The predicted octanol–water partition coefficient (Wildman–Crippen LogP) is 0.321. The highest BCUT2D eigenvalue weighted by atomic mass is 32.2. The van der Waals surface area contributed by atoms with E-state index in [-0.39, 0.29) is 0 Å². The van der Waals surface area contributed by atoms with Gasteiger partial charge in [-0.3, -0.25) is 4.72 Å². The zero-order valence-electron chi connectivity index (χ0n) is 11.3. The van der Waals surface area contributed by atoms with E-state index in [2.05, 4.69) is 10.0 Å². The van der Waals surface area contributed by atoms with Gasteiger partial charge in [0.1, 0.15) is 0 Å². The third-order valence-electron chi connectivity index (χ3n) is 3.65. The summed E-state index contributed by atoms with van der Waals surface area (Å²) in [6, 6.07) is 5.76. The monoisotopic (exact) mass is 297 g/mol. The van der Waals surface area contributed by atoms with Crippen molar-refractivity contribution in [1.29, 1.82) is 0 Å². The summed E-state index contributed by atoms with van der Waals surface area (Å²) in [4.78, 5) is 0. The molecule has 0 aliphatic carbocycles. The summed E-state index contributed by atoms with van der Waals surface area (Å²) in [5, 5.41) is 3.29. The van der Waals surface area contributed by atoms with Crippen molar-refractivity contribution in [3.63, 3.8) is 0 Å². The highest BCUT2D eigenvalue weighted by Crippen LogP contribution is 2.20. The van der Waals surface area contributed by atoms with Gasteiger partial charge >= 0.3 is 10.2 Å². The maximum absolute atomic E-state index is 12.3. The average Bonchev–Trinajstić information content (AvgIpc) is 2.48. The molecule has 1 aromatic rings. The number of hydrogen-bond acceptors (Lipinski definition) is 4. The minimum Gasteiger partial charge on any atom is -0.379 e. The largest absolute Gasteiger partial charge is 0.379 e. The van der Waals surface area contributed by atoms with Gasteiger partial charge in [0.25, 0.3) is 0 Å². The van der Waals surface area contributed by atoms with Crippen LogP contribution in [-0.2, 0) is 27.9 Å². The van der Waals surface area contributed by atoms with E-state index in [0.717, 1.165) is 19.5 Å². The summed E-state index contributed by atoms with van der Waals surface area (Å²) < 4.78 is 33.8. The number of anilines is 1. The standard InChI is InChI=1S/C13H19N3O3S/c17-20(18,16-5-7-19-8-6-16)15-13-2-1-11-3-4-14-10-12(11)9-13/h1-2,9,14-15H,3-8,10H2. The van der Waals surface area contributed by atoms with E-state index in [1.165, 1.54) is 15.4 Å². The van der Waals surface area contributed by atoms with E-state index >= 15 is 0 Å². The summed E-state index contributed by atoms with van der Waals surface area (Å²) in [6.45, 7) is 3.49. The third kappa shape index (κ3) is 2.95. The van der Waals surface area contributed by atoms with Crippen LogP contribution in [0.25, 0.3) is 0 Å². The van der Waals surface area contributed by atoms with Gasteiger partial charge in [0.05, 0.1) is 18.9 Å². The van der Waals surface area contributed by atoms with E-state index in [4.69, 9.17) is 4.74 Å². The molecule has 3 rings (SSSR count). The molecular weight excluding hydrogens is 278 g/mol. The molecule has 0 amide bonds. The second kappa shape index (κ2) is 5.69. The molecule has 0 radical (unpaired) electrons. The number of hydrogen-bond donors (Lipinski definition) is 2. The number of nitrogens with zero attached hydrogens (tertiary/aromatic N) is 1. The van der Waals surface area contributed by atoms with E-state index in [1.807, 2.05) is 18.2 Å². The van der Waals surface area contributed by atoms with E-state index in [0.29, 0.717) is 32.0 Å². The highest BCUT2D eigenvalue weighted by molar-refractivity contribution is 7.90. The first-order valence-corrected chi connectivity index (χ1v) is 8.27. The fraction of sp³-hybridized carbons (Fsp3) is 0.538. The summed E-state index contributed by atoms with van der Waals surface area (Å²) in [5.41, 5.74) is 3.08. The summed E-state index contributed by atoms with van der Waals surface area (Å²) in [7, 11) is -3.48. The van der Waals surface area contributed by atoms with Gasteiger partial charge in [-0.2, -0.15) is 12.7 Å². The molecule has 7 heteroatoms. The van der Waals surface area contributed by atoms with E-state index in [9.17, 15) is 8.42 Å². The molecule has 20 heavy (non-hydrogen) atoms.